The summed E-state index contributed by atoms with van der Waals surface area (Å²) in [5, 5.41) is 3.93. The highest BCUT2D eigenvalue weighted by molar-refractivity contribution is 6.35. The van der Waals surface area contributed by atoms with Gasteiger partial charge in [0.2, 0.25) is 0 Å². The Hall–Kier alpha value is -1.75. The molecule has 1 heterocycles. The zero-order valence-electron chi connectivity index (χ0n) is 14.6. The van der Waals surface area contributed by atoms with Crippen LogP contribution < -0.4 is 10.1 Å². The van der Waals surface area contributed by atoms with Crippen LogP contribution in [0.25, 0.3) is 0 Å². The first kappa shape index (κ1) is 19.0. The highest BCUT2D eigenvalue weighted by atomic mass is 35.5. The minimum absolute atomic E-state index is 0.164. The average Bonchev–Trinajstić information content (AvgIpc) is 2.66. The fourth-order valence-electron chi connectivity index (χ4n) is 3.31. The third kappa shape index (κ3) is 4.32. The second-order valence-electron chi connectivity index (χ2n) is 6.46. The number of halogens is 2. The van der Waals surface area contributed by atoms with Crippen molar-refractivity contribution in [2.45, 2.75) is 18.3 Å². The molecule has 3 rings (SSSR count). The predicted octanol–water partition coefficient (Wildman–Crippen LogP) is 4.48. The molecule has 1 aliphatic rings. The molecule has 0 saturated carbocycles. The molecule has 0 bridgehead atoms. The average molecular weight is 394 g/mol. The highest BCUT2D eigenvalue weighted by Gasteiger charge is 2.35. The molecule has 1 saturated heterocycles. The van der Waals surface area contributed by atoms with Gasteiger partial charge in [-0.1, -0.05) is 35.3 Å². The number of ether oxygens (including phenoxy) is 2. The Kier molecular flexibility index (Phi) is 6.07. The van der Waals surface area contributed by atoms with Gasteiger partial charge in [-0.15, -0.1) is 0 Å². The van der Waals surface area contributed by atoms with Gasteiger partial charge in [-0.25, -0.2) is 0 Å². The summed E-state index contributed by atoms with van der Waals surface area (Å²) in [5.74, 6) is 0.627. The van der Waals surface area contributed by atoms with Gasteiger partial charge in [0.05, 0.1) is 7.11 Å². The Bertz CT molecular complexity index is 751. The van der Waals surface area contributed by atoms with Crippen LogP contribution in [0.15, 0.2) is 42.5 Å². The van der Waals surface area contributed by atoms with Gasteiger partial charge in [0.1, 0.15) is 5.75 Å². The van der Waals surface area contributed by atoms with Crippen molar-refractivity contribution in [1.29, 1.82) is 0 Å². The standard InChI is InChI=1S/C20H21Cl2NO3/c1-25-18-4-2-15(3-5-18)20(6-8-26-9-7-20)13-23-19(24)14-10-16(21)12-17(22)11-14/h2-5,10-12H,6-9,13H2,1H3,(H,23,24). The third-order valence-electron chi connectivity index (χ3n) is 4.86. The van der Waals surface area contributed by atoms with Crippen molar-refractivity contribution in [1.82, 2.24) is 5.32 Å². The topological polar surface area (TPSA) is 47.6 Å². The number of hydrogen-bond acceptors (Lipinski definition) is 3. The molecule has 1 N–H and O–H groups in total. The Morgan fingerprint density at radius 1 is 1.12 bits per heavy atom. The van der Waals surface area contributed by atoms with Crippen LogP contribution in [-0.4, -0.2) is 32.8 Å². The van der Waals surface area contributed by atoms with E-state index in [0.717, 1.165) is 18.6 Å². The molecule has 1 fully saturated rings. The maximum atomic E-state index is 12.6. The number of benzene rings is 2. The van der Waals surface area contributed by atoms with Gasteiger partial charge in [-0.3, -0.25) is 4.79 Å². The Morgan fingerprint density at radius 2 is 1.73 bits per heavy atom. The van der Waals surface area contributed by atoms with Crippen molar-refractivity contribution in [3.8, 4) is 5.75 Å². The lowest BCUT2D eigenvalue weighted by molar-refractivity contribution is 0.0487. The summed E-state index contributed by atoms with van der Waals surface area (Å²) in [7, 11) is 1.65. The van der Waals surface area contributed by atoms with Gasteiger partial charge < -0.3 is 14.8 Å². The van der Waals surface area contributed by atoms with E-state index >= 15 is 0 Å². The number of methoxy groups -OCH3 is 1. The Morgan fingerprint density at radius 3 is 2.31 bits per heavy atom. The van der Waals surface area contributed by atoms with E-state index in [2.05, 4.69) is 17.4 Å². The molecule has 2 aromatic rings. The Balaban J connectivity index is 1.78. The van der Waals surface area contributed by atoms with Crippen LogP contribution in [0.5, 0.6) is 5.75 Å². The van der Waals surface area contributed by atoms with Gasteiger partial charge in [-0.2, -0.15) is 0 Å². The monoisotopic (exact) mass is 393 g/mol. The molecule has 0 radical (unpaired) electrons. The first-order valence-corrected chi connectivity index (χ1v) is 9.25. The van der Waals surface area contributed by atoms with Gasteiger partial charge in [0.25, 0.3) is 5.91 Å². The lowest BCUT2D eigenvalue weighted by Crippen LogP contribution is -2.44. The normalized spacial score (nSPS) is 16.1. The van der Waals surface area contributed by atoms with E-state index in [0.29, 0.717) is 35.4 Å². The summed E-state index contributed by atoms with van der Waals surface area (Å²) in [4.78, 5) is 12.6. The SMILES string of the molecule is COc1ccc(C2(CNC(=O)c3cc(Cl)cc(Cl)c3)CCOCC2)cc1. The molecule has 1 amide bonds. The van der Waals surface area contributed by atoms with E-state index in [4.69, 9.17) is 32.7 Å². The number of carbonyl (C=O) groups excluding carboxylic acids is 1. The third-order valence-corrected chi connectivity index (χ3v) is 5.30. The van der Waals surface area contributed by atoms with Crippen LogP contribution in [-0.2, 0) is 10.2 Å². The molecule has 26 heavy (non-hydrogen) atoms. The van der Waals surface area contributed by atoms with E-state index in [1.807, 2.05) is 12.1 Å². The molecule has 4 nitrogen and oxygen atoms in total. The minimum Gasteiger partial charge on any atom is -0.497 e. The predicted molar refractivity (Wildman–Crippen MR) is 104 cm³/mol. The first-order valence-electron chi connectivity index (χ1n) is 8.49. The highest BCUT2D eigenvalue weighted by Crippen LogP contribution is 2.35. The summed E-state index contributed by atoms with van der Waals surface area (Å²) >= 11 is 12.0. The Labute approximate surface area is 163 Å². The second kappa shape index (κ2) is 8.30. The lowest BCUT2D eigenvalue weighted by Gasteiger charge is -2.38. The summed E-state index contributed by atoms with van der Waals surface area (Å²) in [6.45, 7) is 1.86. The van der Waals surface area contributed by atoms with Crippen LogP contribution in [0.2, 0.25) is 10.0 Å². The molecule has 0 unspecified atom stereocenters. The van der Waals surface area contributed by atoms with Crippen molar-refractivity contribution in [3.63, 3.8) is 0 Å². The van der Waals surface area contributed by atoms with Gasteiger partial charge in [0, 0.05) is 40.8 Å². The smallest absolute Gasteiger partial charge is 0.251 e. The molecule has 0 spiro atoms. The number of amides is 1. The maximum absolute atomic E-state index is 12.6. The molecule has 1 aliphatic heterocycles. The van der Waals surface area contributed by atoms with E-state index in [1.165, 1.54) is 5.56 Å². The van der Waals surface area contributed by atoms with Crippen molar-refractivity contribution in [2.24, 2.45) is 0 Å². The zero-order chi connectivity index (χ0) is 18.6. The van der Waals surface area contributed by atoms with Gasteiger partial charge >= 0.3 is 0 Å². The van der Waals surface area contributed by atoms with Crippen LogP contribution >= 0.6 is 23.2 Å². The van der Waals surface area contributed by atoms with Crippen molar-refractivity contribution >= 4 is 29.1 Å². The molecule has 0 aliphatic carbocycles. The lowest BCUT2D eigenvalue weighted by atomic mass is 9.74. The fraction of sp³-hybridized carbons (Fsp3) is 0.350. The van der Waals surface area contributed by atoms with Crippen molar-refractivity contribution in [2.75, 3.05) is 26.9 Å². The summed E-state index contributed by atoms with van der Waals surface area (Å²) in [6.07, 6.45) is 1.69. The summed E-state index contributed by atoms with van der Waals surface area (Å²) in [6, 6.07) is 12.9. The molecule has 138 valence electrons. The van der Waals surface area contributed by atoms with E-state index in [9.17, 15) is 4.79 Å². The second-order valence-corrected chi connectivity index (χ2v) is 7.33. The van der Waals surface area contributed by atoms with E-state index in [-0.39, 0.29) is 11.3 Å². The first-order chi connectivity index (χ1) is 12.5. The fourth-order valence-corrected chi connectivity index (χ4v) is 3.84. The minimum atomic E-state index is -0.186. The van der Waals surface area contributed by atoms with Crippen molar-refractivity contribution < 1.29 is 14.3 Å². The van der Waals surface area contributed by atoms with Gasteiger partial charge in [0.15, 0.2) is 0 Å². The van der Waals surface area contributed by atoms with Gasteiger partial charge in [-0.05, 0) is 48.7 Å². The van der Waals surface area contributed by atoms with Crippen LogP contribution in [0.1, 0.15) is 28.8 Å². The molecule has 0 atom stereocenters. The van der Waals surface area contributed by atoms with Crippen LogP contribution in [0.4, 0.5) is 0 Å². The van der Waals surface area contributed by atoms with Crippen LogP contribution in [0, 0.1) is 0 Å². The molecule has 0 aromatic heterocycles. The largest absolute Gasteiger partial charge is 0.497 e. The number of hydrogen-bond donors (Lipinski definition) is 1. The molecular formula is C20H21Cl2NO3. The van der Waals surface area contributed by atoms with E-state index < -0.39 is 0 Å². The van der Waals surface area contributed by atoms with Crippen molar-refractivity contribution in [3.05, 3.63) is 63.6 Å². The summed E-state index contributed by atoms with van der Waals surface area (Å²) < 4.78 is 10.8. The maximum Gasteiger partial charge on any atom is 0.251 e. The van der Waals surface area contributed by atoms with E-state index in [1.54, 1.807) is 25.3 Å². The molecular weight excluding hydrogens is 373 g/mol. The number of carbonyl (C=O) groups is 1. The number of nitrogens with one attached hydrogen (secondary N) is 1. The zero-order valence-corrected chi connectivity index (χ0v) is 16.1. The summed E-state index contributed by atoms with van der Waals surface area (Å²) in [5.41, 5.74) is 1.47. The molecule has 6 heteroatoms. The quantitative estimate of drug-likeness (QED) is 0.814. The molecule has 2 aromatic carbocycles. The van der Waals surface area contributed by atoms with Crippen LogP contribution in [0.3, 0.4) is 0 Å². The number of rotatable bonds is 5.